The van der Waals surface area contributed by atoms with Crippen molar-refractivity contribution in [3.05, 3.63) is 53.3 Å². The summed E-state index contributed by atoms with van der Waals surface area (Å²) in [7, 11) is 0. The van der Waals surface area contributed by atoms with Crippen LogP contribution >= 0.6 is 0 Å². The molecule has 5 nitrogen and oxygen atoms in total. The standard InChI is InChI=1S/C14H11FN4O/c15-11-3-2-10(5-9(11)7-16)19-13-4-1-8(14(18)20)6-12(13)17/h1-6,19H,17H2,(H2,18,20). The van der Waals surface area contributed by atoms with E-state index in [0.29, 0.717) is 22.6 Å². The molecule has 0 bridgehead atoms. The Bertz CT molecular complexity index is 722. The maximum atomic E-state index is 13.2. The maximum absolute atomic E-state index is 13.2. The van der Waals surface area contributed by atoms with E-state index in [4.69, 9.17) is 16.7 Å². The number of hydrogen-bond donors (Lipinski definition) is 3. The monoisotopic (exact) mass is 270 g/mol. The largest absolute Gasteiger partial charge is 0.397 e. The van der Waals surface area contributed by atoms with Crippen molar-refractivity contribution in [2.45, 2.75) is 0 Å². The zero-order chi connectivity index (χ0) is 14.7. The molecule has 0 aliphatic carbocycles. The Balaban J connectivity index is 2.31. The Hall–Kier alpha value is -3.07. The quantitative estimate of drug-likeness (QED) is 0.743. The normalized spacial score (nSPS) is 9.80. The Labute approximate surface area is 114 Å². The van der Waals surface area contributed by atoms with Crippen molar-refractivity contribution in [3.63, 3.8) is 0 Å². The highest BCUT2D eigenvalue weighted by Crippen LogP contribution is 2.25. The van der Waals surface area contributed by atoms with E-state index in [1.807, 2.05) is 0 Å². The Kier molecular flexibility index (Phi) is 3.53. The first-order valence-corrected chi connectivity index (χ1v) is 5.67. The van der Waals surface area contributed by atoms with Gasteiger partial charge in [0.1, 0.15) is 11.9 Å². The SMILES string of the molecule is N#Cc1cc(Nc2ccc(C(N)=O)cc2N)ccc1F. The van der Waals surface area contributed by atoms with Crippen LogP contribution < -0.4 is 16.8 Å². The van der Waals surface area contributed by atoms with Gasteiger partial charge in [0.15, 0.2) is 0 Å². The van der Waals surface area contributed by atoms with Crippen LogP contribution in [0.3, 0.4) is 0 Å². The van der Waals surface area contributed by atoms with Gasteiger partial charge in [0.2, 0.25) is 5.91 Å². The zero-order valence-electron chi connectivity index (χ0n) is 10.4. The Morgan fingerprint density at radius 2 is 2.00 bits per heavy atom. The molecule has 0 saturated carbocycles. The van der Waals surface area contributed by atoms with Gasteiger partial charge in [-0.1, -0.05) is 0 Å². The van der Waals surface area contributed by atoms with Gasteiger partial charge < -0.3 is 16.8 Å². The van der Waals surface area contributed by atoms with Gasteiger partial charge in [-0.05, 0) is 36.4 Å². The first-order valence-electron chi connectivity index (χ1n) is 5.67. The summed E-state index contributed by atoms with van der Waals surface area (Å²) in [4.78, 5) is 11.0. The van der Waals surface area contributed by atoms with Crippen LogP contribution in [-0.4, -0.2) is 5.91 Å². The van der Waals surface area contributed by atoms with Crippen LogP contribution in [-0.2, 0) is 0 Å². The number of nitrogen functional groups attached to an aromatic ring is 1. The summed E-state index contributed by atoms with van der Waals surface area (Å²) in [6.45, 7) is 0. The minimum atomic E-state index is -0.588. The lowest BCUT2D eigenvalue weighted by molar-refractivity contribution is 0.100. The number of halogens is 1. The topological polar surface area (TPSA) is 105 Å². The summed E-state index contributed by atoms with van der Waals surface area (Å²) >= 11 is 0. The minimum absolute atomic E-state index is 0.0673. The fourth-order valence-corrected chi connectivity index (χ4v) is 1.67. The summed E-state index contributed by atoms with van der Waals surface area (Å²) in [5.41, 5.74) is 12.5. The third-order valence-electron chi connectivity index (χ3n) is 2.70. The predicted molar refractivity (Wildman–Crippen MR) is 73.8 cm³/mol. The molecule has 2 aromatic rings. The molecular formula is C14H11FN4O. The molecule has 1 amide bonds. The third kappa shape index (κ3) is 2.67. The number of rotatable bonds is 3. The van der Waals surface area contributed by atoms with Crippen molar-refractivity contribution in [1.82, 2.24) is 0 Å². The zero-order valence-corrected chi connectivity index (χ0v) is 10.4. The average Bonchev–Trinajstić information content (AvgIpc) is 2.42. The van der Waals surface area contributed by atoms with Crippen molar-refractivity contribution in [2.24, 2.45) is 5.73 Å². The van der Waals surface area contributed by atoms with Gasteiger partial charge in [-0.3, -0.25) is 4.79 Å². The summed E-state index contributed by atoms with van der Waals surface area (Å²) in [6, 6.07) is 10.4. The number of nitrogens with two attached hydrogens (primary N) is 2. The maximum Gasteiger partial charge on any atom is 0.248 e. The lowest BCUT2D eigenvalue weighted by Crippen LogP contribution is -2.11. The van der Waals surface area contributed by atoms with E-state index in [2.05, 4.69) is 5.32 Å². The molecule has 0 aliphatic rings. The van der Waals surface area contributed by atoms with Crippen LogP contribution in [0, 0.1) is 17.1 Å². The van der Waals surface area contributed by atoms with Gasteiger partial charge in [0.25, 0.3) is 0 Å². The van der Waals surface area contributed by atoms with Crippen LogP contribution in [0.15, 0.2) is 36.4 Å². The molecule has 20 heavy (non-hydrogen) atoms. The van der Waals surface area contributed by atoms with E-state index in [9.17, 15) is 9.18 Å². The van der Waals surface area contributed by atoms with Crippen molar-refractivity contribution in [3.8, 4) is 6.07 Å². The third-order valence-corrected chi connectivity index (χ3v) is 2.70. The molecule has 0 aliphatic heterocycles. The van der Waals surface area contributed by atoms with Crippen LogP contribution in [0.1, 0.15) is 15.9 Å². The fraction of sp³-hybridized carbons (Fsp3) is 0. The van der Waals surface area contributed by atoms with Gasteiger partial charge >= 0.3 is 0 Å². The van der Waals surface area contributed by atoms with Crippen molar-refractivity contribution < 1.29 is 9.18 Å². The number of carbonyl (C=O) groups excluding carboxylic acids is 1. The summed E-state index contributed by atoms with van der Waals surface area (Å²) in [5.74, 6) is -1.16. The van der Waals surface area contributed by atoms with E-state index in [1.165, 1.54) is 30.3 Å². The molecule has 5 N–H and O–H groups in total. The number of carbonyl (C=O) groups is 1. The van der Waals surface area contributed by atoms with Crippen LogP contribution in [0.4, 0.5) is 21.5 Å². The highest BCUT2D eigenvalue weighted by Gasteiger charge is 2.07. The van der Waals surface area contributed by atoms with Gasteiger partial charge in [-0.15, -0.1) is 0 Å². The molecular weight excluding hydrogens is 259 g/mol. The molecule has 0 saturated heterocycles. The minimum Gasteiger partial charge on any atom is -0.397 e. The van der Waals surface area contributed by atoms with Gasteiger partial charge in [0, 0.05) is 11.3 Å². The highest BCUT2D eigenvalue weighted by atomic mass is 19.1. The second kappa shape index (κ2) is 5.28. The molecule has 0 fully saturated rings. The highest BCUT2D eigenvalue weighted by molar-refractivity contribution is 5.95. The second-order valence-corrected chi connectivity index (χ2v) is 4.10. The lowest BCUT2D eigenvalue weighted by Gasteiger charge is -2.10. The summed E-state index contributed by atoms with van der Waals surface area (Å²) < 4.78 is 13.2. The molecule has 0 atom stereocenters. The number of nitriles is 1. The average molecular weight is 270 g/mol. The van der Waals surface area contributed by atoms with E-state index < -0.39 is 11.7 Å². The van der Waals surface area contributed by atoms with Crippen molar-refractivity contribution >= 4 is 23.0 Å². The van der Waals surface area contributed by atoms with E-state index in [1.54, 1.807) is 12.1 Å². The first kappa shape index (κ1) is 13.4. The number of amides is 1. The van der Waals surface area contributed by atoms with E-state index in [-0.39, 0.29) is 5.56 Å². The molecule has 0 spiro atoms. The van der Waals surface area contributed by atoms with Gasteiger partial charge in [-0.25, -0.2) is 4.39 Å². The molecule has 0 radical (unpaired) electrons. The predicted octanol–water partition coefficient (Wildman–Crippen LogP) is 2.12. The van der Waals surface area contributed by atoms with Crippen LogP contribution in [0.2, 0.25) is 0 Å². The van der Waals surface area contributed by atoms with Gasteiger partial charge in [0.05, 0.1) is 16.9 Å². The van der Waals surface area contributed by atoms with E-state index >= 15 is 0 Å². The lowest BCUT2D eigenvalue weighted by atomic mass is 10.1. The van der Waals surface area contributed by atoms with Crippen LogP contribution in [0.25, 0.3) is 0 Å². The molecule has 0 unspecified atom stereocenters. The number of anilines is 3. The molecule has 2 aromatic carbocycles. The Morgan fingerprint density at radius 3 is 2.60 bits per heavy atom. The van der Waals surface area contributed by atoms with Crippen molar-refractivity contribution in [2.75, 3.05) is 11.1 Å². The smallest absolute Gasteiger partial charge is 0.248 e. The number of benzene rings is 2. The molecule has 2 rings (SSSR count). The first-order chi connectivity index (χ1) is 9.51. The molecule has 0 aromatic heterocycles. The number of hydrogen-bond acceptors (Lipinski definition) is 4. The number of nitrogens with one attached hydrogen (secondary N) is 1. The fourth-order valence-electron chi connectivity index (χ4n) is 1.67. The number of primary amides is 1. The van der Waals surface area contributed by atoms with Gasteiger partial charge in [-0.2, -0.15) is 5.26 Å². The van der Waals surface area contributed by atoms with E-state index in [0.717, 1.165) is 0 Å². The summed E-state index contributed by atoms with van der Waals surface area (Å²) in [5, 5.41) is 11.7. The van der Waals surface area contributed by atoms with Crippen LogP contribution in [0.5, 0.6) is 0 Å². The van der Waals surface area contributed by atoms with Crippen molar-refractivity contribution in [1.29, 1.82) is 5.26 Å². The molecule has 0 heterocycles. The molecule has 6 heteroatoms. The Morgan fingerprint density at radius 1 is 1.25 bits per heavy atom. The second-order valence-electron chi connectivity index (χ2n) is 4.10. The number of nitrogens with zero attached hydrogens (tertiary/aromatic N) is 1. The summed E-state index contributed by atoms with van der Waals surface area (Å²) in [6.07, 6.45) is 0. The molecule has 100 valence electrons.